The van der Waals surface area contributed by atoms with Crippen molar-refractivity contribution >= 4 is 0 Å². The first-order valence-corrected chi connectivity index (χ1v) is 5.40. The highest BCUT2D eigenvalue weighted by atomic mass is 16.3. The van der Waals surface area contributed by atoms with Crippen LogP contribution in [-0.2, 0) is 0 Å². The van der Waals surface area contributed by atoms with Crippen molar-refractivity contribution in [2.24, 2.45) is 0 Å². The van der Waals surface area contributed by atoms with Crippen molar-refractivity contribution in [2.45, 2.75) is 59.1 Å². The van der Waals surface area contributed by atoms with Gasteiger partial charge in [-0.1, -0.05) is 11.6 Å². The van der Waals surface area contributed by atoms with Crippen molar-refractivity contribution in [1.29, 1.82) is 0 Å². The highest BCUT2D eigenvalue weighted by molar-refractivity contribution is 4.93. The molecule has 0 heterocycles. The Hall–Kier alpha value is -0.340. The van der Waals surface area contributed by atoms with Crippen LogP contribution in [0.15, 0.2) is 11.6 Å². The maximum atomic E-state index is 9.51. The molecule has 2 nitrogen and oxygen atoms in total. The summed E-state index contributed by atoms with van der Waals surface area (Å²) in [6, 6.07) is 0.469. The normalized spacial score (nSPS) is 13.9. The topological polar surface area (TPSA) is 32.3 Å². The van der Waals surface area contributed by atoms with Crippen LogP contribution in [0.4, 0.5) is 0 Å². The number of hydrogen-bond donors (Lipinski definition) is 2. The van der Waals surface area contributed by atoms with Gasteiger partial charge in [-0.15, -0.1) is 0 Å². The molecule has 0 aromatic rings. The molecule has 1 unspecified atom stereocenters. The Bertz CT molecular complexity index is 175. The fraction of sp³-hybridized carbons (Fsp3) is 0.833. The lowest BCUT2D eigenvalue weighted by molar-refractivity contribution is 0.0767. The highest BCUT2D eigenvalue weighted by Gasteiger charge is 2.12. The Balaban J connectivity index is 3.56. The summed E-state index contributed by atoms with van der Waals surface area (Å²) < 4.78 is 0. The van der Waals surface area contributed by atoms with Gasteiger partial charge in [0.05, 0.1) is 5.60 Å². The van der Waals surface area contributed by atoms with Gasteiger partial charge in [-0.2, -0.15) is 0 Å². The smallest absolute Gasteiger partial charge is 0.0715 e. The van der Waals surface area contributed by atoms with E-state index in [4.69, 9.17) is 0 Å². The van der Waals surface area contributed by atoms with Crippen LogP contribution >= 0.6 is 0 Å². The van der Waals surface area contributed by atoms with Gasteiger partial charge in [0.25, 0.3) is 0 Å². The first kappa shape index (κ1) is 13.7. The molecule has 2 heteroatoms. The Morgan fingerprint density at radius 3 is 2.43 bits per heavy atom. The molecule has 0 aromatic heterocycles. The molecule has 14 heavy (non-hydrogen) atoms. The first-order chi connectivity index (χ1) is 6.31. The summed E-state index contributed by atoms with van der Waals surface area (Å²) in [7, 11) is 0. The number of aliphatic hydroxyl groups is 1. The van der Waals surface area contributed by atoms with Crippen LogP contribution in [0, 0.1) is 0 Å². The van der Waals surface area contributed by atoms with E-state index in [1.54, 1.807) is 0 Å². The molecule has 0 bridgehead atoms. The molecule has 0 spiro atoms. The summed E-state index contributed by atoms with van der Waals surface area (Å²) in [6.45, 7) is 10.7. The van der Waals surface area contributed by atoms with Gasteiger partial charge in [-0.25, -0.2) is 0 Å². The molecular formula is C12H25NO. The van der Waals surface area contributed by atoms with Crippen molar-refractivity contribution in [3.8, 4) is 0 Å². The summed E-state index contributed by atoms with van der Waals surface area (Å²) in [5.74, 6) is 0. The number of rotatable bonds is 6. The molecule has 0 aliphatic rings. The van der Waals surface area contributed by atoms with Crippen molar-refractivity contribution in [2.75, 3.05) is 6.54 Å². The predicted octanol–water partition coefficient (Wildman–Crippen LogP) is 2.48. The number of nitrogens with one attached hydrogen (secondary N) is 1. The van der Waals surface area contributed by atoms with Crippen LogP contribution in [0.25, 0.3) is 0 Å². The summed E-state index contributed by atoms with van der Waals surface area (Å²) >= 11 is 0. The van der Waals surface area contributed by atoms with Gasteiger partial charge in [0.1, 0.15) is 0 Å². The highest BCUT2D eigenvalue weighted by Crippen LogP contribution is 2.03. The second-order valence-corrected chi connectivity index (χ2v) is 4.95. The average Bonchev–Trinajstić information content (AvgIpc) is 1.99. The molecule has 0 saturated carbocycles. The van der Waals surface area contributed by atoms with E-state index in [2.05, 4.69) is 32.2 Å². The Labute approximate surface area is 88.4 Å². The van der Waals surface area contributed by atoms with Gasteiger partial charge in [-0.3, -0.25) is 0 Å². The minimum atomic E-state index is -0.606. The van der Waals surface area contributed by atoms with Crippen molar-refractivity contribution in [3.63, 3.8) is 0 Å². The molecule has 1 atom stereocenters. The molecular weight excluding hydrogens is 174 g/mol. The van der Waals surface area contributed by atoms with Gasteiger partial charge < -0.3 is 10.4 Å². The van der Waals surface area contributed by atoms with Crippen LogP contribution in [0.5, 0.6) is 0 Å². The second kappa shape index (κ2) is 6.20. The number of hydrogen-bond acceptors (Lipinski definition) is 2. The Morgan fingerprint density at radius 1 is 1.43 bits per heavy atom. The van der Waals surface area contributed by atoms with E-state index in [-0.39, 0.29) is 0 Å². The number of allylic oxidation sites excluding steroid dienone is 2. The minimum absolute atomic E-state index is 0.469. The van der Waals surface area contributed by atoms with Crippen LogP contribution in [-0.4, -0.2) is 23.3 Å². The van der Waals surface area contributed by atoms with Crippen LogP contribution in [0.2, 0.25) is 0 Å². The van der Waals surface area contributed by atoms with E-state index in [1.165, 1.54) is 5.57 Å². The first-order valence-electron chi connectivity index (χ1n) is 5.40. The van der Waals surface area contributed by atoms with Crippen LogP contribution < -0.4 is 5.32 Å². The summed E-state index contributed by atoms with van der Waals surface area (Å²) in [4.78, 5) is 0. The fourth-order valence-electron chi connectivity index (χ4n) is 1.15. The second-order valence-electron chi connectivity index (χ2n) is 4.95. The lowest BCUT2D eigenvalue weighted by Crippen LogP contribution is -2.39. The lowest BCUT2D eigenvalue weighted by Gasteiger charge is -2.21. The molecule has 0 fully saturated rings. The average molecular weight is 199 g/mol. The molecule has 0 rings (SSSR count). The third kappa shape index (κ3) is 9.75. The van der Waals surface area contributed by atoms with E-state index >= 15 is 0 Å². The third-order valence-electron chi connectivity index (χ3n) is 2.04. The zero-order valence-electron chi connectivity index (χ0n) is 10.2. The van der Waals surface area contributed by atoms with Gasteiger partial charge in [-0.05, 0) is 47.5 Å². The van der Waals surface area contributed by atoms with E-state index in [0.717, 1.165) is 12.8 Å². The lowest BCUT2D eigenvalue weighted by atomic mass is 10.1. The molecule has 0 aliphatic heterocycles. The summed E-state index contributed by atoms with van der Waals surface area (Å²) in [5.41, 5.74) is 0.768. The fourth-order valence-corrected chi connectivity index (χ4v) is 1.15. The molecule has 2 N–H and O–H groups in total. The third-order valence-corrected chi connectivity index (χ3v) is 2.04. The standard InChI is InChI=1S/C12H25NO/c1-10(2)7-6-8-11(3)13-9-12(4,5)14/h7,11,13-14H,6,8-9H2,1-5H3. The SMILES string of the molecule is CC(C)=CCCC(C)NCC(C)(C)O. The van der Waals surface area contributed by atoms with Gasteiger partial charge in [0, 0.05) is 12.6 Å². The summed E-state index contributed by atoms with van der Waals surface area (Å²) in [5, 5.41) is 12.8. The van der Waals surface area contributed by atoms with Crippen molar-refractivity contribution in [3.05, 3.63) is 11.6 Å². The largest absolute Gasteiger partial charge is 0.389 e. The van der Waals surface area contributed by atoms with Gasteiger partial charge in [0.15, 0.2) is 0 Å². The Morgan fingerprint density at radius 2 is 2.00 bits per heavy atom. The zero-order valence-corrected chi connectivity index (χ0v) is 10.2. The van der Waals surface area contributed by atoms with E-state index in [0.29, 0.717) is 12.6 Å². The quantitative estimate of drug-likeness (QED) is 0.644. The monoisotopic (exact) mass is 199 g/mol. The molecule has 0 amide bonds. The molecule has 0 saturated heterocycles. The molecule has 0 aromatic carbocycles. The van der Waals surface area contributed by atoms with Gasteiger partial charge >= 0.3 is 0 Å². The molecule has 0 aliphatic carbocycles. The minimum Gasteiger partial charge on any atom is -0.389 e. The zero-order chi connectivity index (χ0) is 11.2. The maximum Gasteiger partial charge on any atom is 0.0715 e. The van der Waals surface area contributed by atoms with E-state index < -0.39 is 5.60 Å². The van der Waals surface area contributed by atoms with Crippen LogP contribution in [0.3, 0.4) is 0 Å². The maximum absolute atomic E-state index is 9.51. The Kier molecular flexibility index (Phi) is 6.05. The van der Waals surface area contributed by atoms with E-state index in [1.807, 2.05) is 13.8 Å². The van der Waals surface area contributed by atoms with Gasteiger partial charge in [0.2, 0.25) is 0 Å². The molecule has 84 valence electrons. The van der Waals surface area contributed by atoms with E-state index in [9.17, 15) is 5.11 Å². The predicted molar refractivity (Wildman–Crippen MR) is 62.4 cm³/mol. The summed E-state index contributed by atoms with van der Waals surface area (Å²) in [6.07, 6.45) is 4.49. The van der Waals surface area contributed by atoms with Crippen LogP contribution in [0.1, 0.15) is 47.5 Å². The van der Waals surface area contributed by atoms with Crippen molar-refractivity contribution in [1.82, 2.24) is 5.32 Å². The molecule has 0 radical (unpaired) electrons. The van der Waals surface area contributed by atoms with Crippen molar-refractivity contribution < 1.29 is 5.11 Å².